The van der Waals surface area contributed by atoms with E-state index < -0.39 is 104 Å². The first kappa shape index (κ1) is 71.2. The van der Waals surface area contributed by atoms with Gasteiger partial charge in [-0.05, 0) is 105 Å². The van der Waals surface area contributed by atoms with Gasteiger partial charge in [0.1, 0.15) is 16.4 Å². The summed E-state index contributed by atoms with van der Waals surface area (Å²) in [4.78, 5) is 16.9. The lowest BCUT2D eigenvalue weighted by Crippen LogP contribution is -2.33. The van der Waals surface area contributed by atoms with Gasteiger partial charge in [0, 0.05) is 91.2 Å². The third kappa shape index (κ3) is 16.9. The molecular weight excluding hydrogens is 1290 g/mol. The Balaban J connectivity index is 1.41. The lowest BCUT2D eigenvalue weighted by atomic mass is 9.74. The molecule has 0 amide bonds. The Morgan fingerprint density at radius 3 is 1.62 bits per heavy atom. The predicted molar refractivity (Wildman–Crippen MR) is 326 cm³/mol. The second-order valence-electron chi connectivity index (χ2n) is 21.5. The lowest BCUT2D eigenvalue weighted by molar-refractivity contribution is -0.442. The first-order valence-electron chi connectivity index (χ1n) is 27.8. The Hall–Kier alpha value is -6.25. The molecule has 3 heterocycles. The van der Waals surface area contributed by atoms with Crippen LogP contribution in [0.4, 0.5) is 11.4 Å². The summed E-state index contributed by atoms with van der Waals surface area (Å²) < 4.78 is 215. The molecule has 2 aliphatic heterocycles. The van der Waals surface area contributed by atoms with Crippen LogP contribution in [0.25, 0.3) is 21.5 Å². The van der Waals surface area contributed by atoms with Gasteiger partial charge in [-0.1, -0.05) is 23.8 Å². The summed E-state index contributed by atoms with van der Waals surface area (Å²) in [5, 5.41) is 20.0. The third-order valence-electron chi connectivity index (χ3n) is 15.3. The first-order valence-corrected chi connectivity index (χ1v) is 35.2. The number of fused-ring (bicyclic) bond motifs is 6. The summed E-state index contributed by atoms with van der Waals surface area (Å²) in [7, 11) is -22.2. The van der Waals surface area contributed by atoms with Gasteiger partial charge in [0.05, 0.1) is 73.8 Å². The number of anilines is 1. The maximum absolute atomic E-state index is 13.3. The van der Waals surface area contributed by atoms with Crippen molar-refractivity contribution in [3.05, 3.63) is 107 Å². The van der Waals surface area contributed by atoms with Crippen LogP contribution in [0, 0.1) is 0 Å². The molecule has 0 aliphatic carbocycles. The number of aromatic hydroxyl groups is 2. The van der Waals surface area contributed by atoms with Crippen LogP contribution in [0.1, 0.15) is 64.0 Å². The van der Waals surface area contributed by atoms with Gasteiger partial charge < -0.3 is 48.4 Å². The van der Waals surface area contributed by atoms with Crippen molar-refractivity contribution in [1.29, 1.82) is 0 Å². The molecule has 0 radical (unpaired) electrons. The van der Waals surface area contributed by atoms with Gasteiger partial charge in [0.25, 0.3) is 50.6 Å². The van der Waals surface area contributed by atoms with Crippen LogP contribution in [0.15, 0.2) is 116 Å². The molecule has 2 atom stereocenters. The maximum Gasteiger partial charge on any atom is 0.333 e. The van der Waals surface area contributed by atoms with Crippen LogP contribution in [-0.4, -0.2) is 195 Å². The quantitative estimate of drug-likeness (QED) is 0.0115. The highest BCUT2D eigenvalue weighted by molar-refractivity contribution is 7.87. The molecule has 1 aromatic heterocycles. The monoisotopic (exact) mass is 1360 g/mol. The molecule has 7 rings (SSSR count). The van der Waals surface area contributed by atoms with Crippen molar-refractivity contribution >= 4 is 95.2 Å². The number of carbonyl (C=O) groups is 1. The zero-order chi connectivity index (χ0) is 66.2. The number of aromatic nitrogens is 1. The van der Waals surface area contributed by atoms with E-state index in [1.54, 1.807) is 67.7 Å². The van der Waals surface area contributed by atoms with Gasteiger partial charge >= 0.3 is 5.97 Å². The molecule has 5 aromatic rings. The number of methoxy groups -OCH3 is 2. The minimum absolute atomic E-state index is 0.00563. The van der Waals surface area contributed by atoms with E-state index in [4.69, 9.17) is 33.3 Å². The van der Waals surface area contributed by atoms with Crippen LogP contribution >= 0.6 is 0 Å². The van der Waals surface area contributed by atoms with Crippen molar-refractivity contribution in [3.63, 3.8) is 0 Å². The number of allylic oxidation sites excluding steroid dienone is 6. The number of ether oxygens (including phenoxy) is 6. The molecule has 4 aromatic carbocycles. The zero-order valence-corrected chi connectivity index (χ0v) is 53.8. The van der Waals surface area contributed by atoms with Crippen molar-refractivity contribution in [3.8, 4) is 11.8 Å². The van der Waals surface area contributed by atoms with Crippen molar-refractivity contribution in [2.24, 2.45) is 0 Å². The Bertz CT molecular complexity index is 4220. The fourth-order valence-electron chi connectivity index (χ4n) is 11.2. The first-order chi connectivity index (χ1) is 42.2. The molecule has 2 unspecified atom stereocenters. The van der Waals surface area contributed by atoms with Gasteiger partial charge in [-0.3, -0.25) is 22.8 Å². The second-order valence-corrected chi connectivity index (χ2v) is 28.7. The molecule has 0 fully saturated rings. The fraction of sp³-hybridized carbons (Fsp3) is 0.439. The summed E-state index contributed by atoms with van der Waals surface area (Å²) in [6, 6.07) is 11.3. The van der Waals surface area contributed by atoms with E-state index in [0.717, 1.165) is 24.3 Å². The van der Waals surface area contributed by atoms with E-state index in [1.165, 1.54) is 25.3 Å². The molecule has 0 bridgehead atoms. The topological polar surface area (TPSA) is 405 Å². The van der Waals surface area contributed by atoms with E-state index >= 15 is 0 Å². The Morgan fingerprint density at radius 1 is 0.589 bits per heavy atom. The molecule has 28 nitrogen and oxygen atoms in total. The minimum Gasteiger partial charge on any atom is -0.492 e. The molecule has 0 saturated carbocycles. The van der Waals surface area contributed by atoms with Crippen LogP contribution in [-0.2, 0) is 94.6 Å². The summed E-state index contributed by atoms with van der Waals surface area (Å²) in [6.45, 7) is 7.15. The Labute approximate surface area is 521 Å². The van der Waals surface area contributed by atoms with Gasteiger partial charge in [0.15, 0.2) is 12.3 Å². The summed E-state index contributed by atoms with van der Waals surface area (Å²) in [6.07, 6.45) is 6.22. The number of benzene rings is 4. The lowest BCUT2D eigenvalue weighted by Gasteiger charge is -2.31. The number of carbonyl (C=O) groups excluding carboxylic acids is 1. The average molecular weight is 1360 g/mol. The third-order valence-corrected chi connectivity index (χ3v) is 19.6. The van der Waals surface area contributed by atoms with Gasteiger partial charge in [0.2, 0.25) is 17.4 Å². The molecule has 2 aliphatic rings. The van der Waals surface area contributed by atoms with Crippen molar-refractivity contribution in [2.45, 2.75) is 83.3 Å². The van der Waals surface area contributed by atoms with E-state index in [1.807, 2.05) is 0 Å². The van der Waals surface area contributed by atoms with Gasteiger partial charge in [-0.15, -0.1) is 4.73 Å². The number of rotatable bonds is 34. The average Bonchev–Trinajstić information content (AvgIpc) is 1.52. The molecule has 7 N–H and O–H groups in total. The molecule has 33 heteroatoms. The normalized spacial score (nSPS) is 18.0. The second kappa shape index (κ2) is 29.1. The van der Waals surface area contributed by atoms with Crippen LogP contribution in [0.5, 0.6) is 11.8 Å². The van der Waals surface area contributed by atoms with Crippen molar-refractivity contribution in [2.75, 3.05) is 104 Å². The Kier molecular flexibility index (Phi) is 23.1. The van der Waals surface area contributed by atoms with E-state index in [2.05, 4.69) is 0 Å². The molecule has 0 saturated heterocycles. The number of hydrogen-bond donors (Lipinski definition) is 7. The van der Waals surface area contributed by atoms with E-state index in [9.17, 15) is 79.9 Å². The molecule has 494 valence electrons. The SMILES string of the molecule is COCCOCCOCCOCCC1(C)C(=CC=C(C)C=CC2=[N+](CCOCCOC)c3ccc4c(S(=O)(=O)O)cc(S(=O)(=O)O)cc4c3C2(C)CCCS(=O)(=O)O)N(CCCC(=O)On2c(O)ccc2O)c2ccc3c(S(=O)(=O)O)cc(S(=O)(=O)O)cc3c21. The minimum atomic E-state index is -5.18. The molecule has 0 spiro atoms. The highest BCUT2D eigenvalue weighted by Gasteiger charge is 2.50. The Morgan fingerprint density at radius 2 is 1.10 bits per heavy atom. The van der Waals surface area contributed by atoms with Crippen LogP contribution in [0.3, 0.4) is 0 Å². The summed E-state index contributed by atoms with van der Waals surface area (Å²) in [5.41, 5.74) is -0.0507. The zero-order valence-electron chi connectivity index (χ0n) is 49.7. The number of hydrogen-bond acceptors (Lipinski definition) is 21. The number of nitrogens with zero attached hydrogens (tertiary/aromatic N) is 3. The summed E-state index contributed by atoms with van der Waals surface area (Å²) in [5.74, 6) is -2.75. The predicted octanol–water partition coefficient (Wildman–Crippen LogP) is 5.57. The van der Waals surface area contributed by atoms with E-state index in [0.29, 0.717) is 64.0 Å². The molecule has 90 heavy (non-hydrogen) atoms. The summed E-state index contributed by atoms with van der Waals surface area (Å²) >= 11 is 0. The highest BCUT2D eigenvalue weighted by atomic mass is 32.2. The largest absolute Gasteiger partial charge is 0.492 e. The maximum atomic E-state index is 13.3. The van der Waals surface area contributed by atoms with Crippen LogP contribution < -0.4 is 9.74 Å². The van der Waals surface area contributed by atoms with Gasteiger partial charge in [-0.25, -0.2) is 4.79 Å². The van der Waals surface area contributed by atoms with E-state index in [-0.39, 0.29) is 125 Å². The highest BCUT2D eigenvalue weighted by Crippen LogP contribution is 2.54. The molecular formula is C57H72N3O25S5+. The smallest absolute Gasteiger partial charge is 0.333 e. The van der Waals surface area contributed by atoms with Crippen molar-refractivity contribution < 1.29 is 118 Å². The standard InChI is InChI=1S/C57H71N3O25S5/c1-38(9-15-49-56(2,19-7-33-86(64,65)66)54-43-34-39(87(67,68)69)36-47(89(73,74)75)41(43)12-14-46(54)59(49)22-24-82-27-25-79-4)10-16-50-57(3,20-23-81-29-30-84-32-31-83-28-26-80-5)55-44-35-40(88(70,71)72)37-48(90(76,77)78)42(44)11-13-45(55)58(50)21-6-8-53(63)85-60-51(61)17-18-52(60)62/h9-18,34-37H,6-8,19-33H2,1-5H3,(H6-,61,62,64,65,66,67,68,69,70,71,72,73,74,75,76,77,78)/p+1. The van der Waals surface area contributed by atoms with Crippen molar-refractivity contribution in [1.82, 2.24) is 4.73 Å². The van der Waals surface area contributed by atoms with Crippen LogP contribution in [0.2, 0.25) is 0 Å². The van der Waals surface area contributed by atoms with Gasteiger partial charge in [-0.2, -0.15) is 46.7 Å². The fourth-order valence-corrected chi connectivity index (χ4v) is 14.4.